The minimum atomic E-state index is -0.341. The topological polar surface area (TPSA) is 63.9 Å². The van der Waals surface area contributed by atoms with Gasteiger partial charge in [0.25, 0.3) is 0 Å². The summed E-state index contributed by atoms with van der Waals surface area (Å²) in [7, 11) is 0. The SMILES string of the molecule is C=CC(=O)N1CCCC1Cn1nc(-c2ccccc2F)c2cncnc21. The number of carbonyl (C=O) groups is 1. The molecule has 132 valence electrons. The molecule has 1 saturated heterocycles. The zero-order valence-electron chi connectivity index (χ0n) is 14.2. The van der Waals surface area contributed by atoms with Crippen LogP contribution in [0.4, 0.5) is 4.39 Å². The summed E-state index contributed by atoms with van der Waals surface area (Å²) < 4.78 is 16.0. The van der Waals surface area contributed by atoms with E-state index < -0.39 is 0 Å². The number of halogens is 1. The minimum absolute atomic E-state index is 0.0204. The molecule has 1 aliphatic heterocycles. The highest BCUT2D eigenvalue weighted by atomic mass is 19.1. The van der Waals surface area contributed by atoms with Crippen molar-refractivity contribution in [3.8, 4) is 11.3 Å². The Morgan fingerprint density at radius 3 is 3.04 bits per heavy atom. The predicted octanol–water partition coefficient (Wildman–Crippen LogP) is 2.81. The highest BCUT2D eigenvalue weighted by Gasteiger charge is 2.29. The maximum atomic E-state index is 14.3. The van der Waals surface area contributed by atoms with Gasteiger partial charge < -0.3 is 4.90 Å². The van der Waals surface area contributed by atoms with Gasteiger partial charge in [0.15, 0.2) is 5.65 Å². The number of hydrogen-bond donors (Lipinski definition) is 0. The van der Waals surface area contributed by atoms with Crippen molar-refractivity contribution in [3.05, 3.63) is 55.3 Å². The molecule has 0 spiro atoms. The van der Waals surface area contributed by atoms with Crippen molar-refractivity contribution in [2.75, 3.05) is 6.54 Å². The Bertz CT molecular complexity index is 983. The van der Waals surface area contributed by atoms with Crippen LogP contribution in [0.15, 0.2) is 49.4 Å². The van der Waals surface area contributed by atoms with Gasteiger partial charge in [-0.25, -0.2) is 19.0 Å². The third-order valence-electron chi connectivity index (χ3n) is 4.76. The monoisotopic (exact) mass is 351 g/mol. The Morgan fingerprint density at radius 1 is 1.38 bits per heavy atom. The predicted molar refractivity (Wildman–Crippen MR) is 95.6 cm³/mol. The van der Waals surface area contributed by atoms with E-state index in [9.17, 15) is 9.18 Å². The molecule has 1 aromatic carbocycles. The third kappa shape index (κ3) is 2.75. The van der Waals surface area contributed by atoms with Gasteiger partial charge in [0.05, 0.1) is 18.0 Å². The molecule has 3 heterocycles. The van der Waals surface area contributed by atoms with E-state index in [-0.39, 0.29) is 17.8 Å². The molecular weight excluding hydrogens is 333 g/mol. The first kappa shape index (κ1) is 16.4. The lowest BCUT2D eigenvalue weighted by atomic mass is 10.1. The number of amides is 1. The van der Waals surface area contributed by atoms with Gasteiger partial charge in [-0.15, -0.1) is 0 Å². The molecule has 1 aliphatic rings. The van der Waals surface area contributed by atoms with Crippen LogP contribution in [0.1, 0.15) is 12.8 Å². The van der Waals surface area contributed by atoms with Gasteiger partial charge >= 0.3 is 0 Å². The first-order valence-corrected chi connectivity index (χ1v) is 8.53. The van der Waals surface area contributed by atoms with E-state index in [1.165, 1.54) is 18.5 Å². The van der Waals surface area contributed by atoms with Gasteiger partial charge in [-0.05, 0) is 31.1 Å². The molecule has 1 atom stereocenters. The van der Waals surface area contributed by atoms with E-state index in [1.54, 1.807) is 29.1 Å². The summed E-state index contributed by atoms with van der Waals surface area (Å²) in [5, 5.41) is 5.31. The number of rotatable bonds is 4. The van der Waals surface area contributed by atoms with E-state index in [4.69, 9.17) is 0 Å². The molecule has 6 nitrogen and oxygen atoms in total. The Kier molecular flexibility index (Phi) is 4.20. The van der Waals surface area contributed by atoms with Crippen molar-refractivity contribution in [2.45, 2.75) is 25.4 Å². The second-order valence-corrected chi connectivity index (χ2v) is 6.30. The maximum absolute atomic E-state index is 14.3. The largest absolute Gasteiger partial charge is 0.334 e. The minimum Gasteiger partial charge on any atom is -0.334 e. The molecule has 0 saturated carbocycles. The van der Waals surface area contributed by atoms with Crippen LogP contribution in [-0.2, 0) is 11.3 Å². The van der Waals surface area contributed by atoms with Crippen molar-refractivity contribution in [1.82, 2.24) is 24.6 Å². The Balaban J connectivity index is 1.76. The number of likely N-dealkylation sites (tertiary alicyclic amines) is 1. The highest BCUT2D eigenvalue weighted by Crippen LogP contribution is 2.29. The van der Waals surface area contributed by atoms with E-state index >= 15 is 0 Å². The maximum Gasteiger partial charge on any atom is 0.246 e. The van der Waals surface area contributed by atoms with Gasteiger partial charge in [-0.3, -0.25) is 4.79 Å². The lowest BCUT2D eigenvalue weighted by molar-refractivity contribution is -0.127. The Labute approximate surface area is 150 Å². The van der Waals surface area contributed by atoms with Crippen molar-refractivity contribution in [3.63, 3.8) is 0 Å². The molecule has 2 aromatic heterocycles. The van der Waals surface area contributed by atoms with Crippen LogP contribution < -0.4 is 0 Å². The van der Waals surface area contributed by atoms with Crippen LogP contribution in [0.2, 0.25) is 0 Å². The molecule has 7 heteroatoms. The Hall–Kier alpha value is -3.09. The van der Waals surface area contributed by atoms with Crippen molar-refractivity contribution >= 4 is 16.9 Å². The molecule has 1 fully saturated rings. The Morgan fingerprint density at radius 2 is 2.23 bits per heavy atom. The molecule has 1 unspecified atom stereocenters. The van der Waals surface area contributed by atoms with Crippen LogP contribution in [0.25, 0.3) is 22.3 Å². The smallest absolute Gasteiger partial charge is 0.246 e. The number of fused-ring (bicyclic) bond motifs is 1. The highest BCUT2D eigenvalue weighted by molar-refractivity contribution is 5.90. The van der Waals surface area contributed by atoms with Gasteiger partial charge in [-0.1, -0.05) is 18.7 Å². The average molecular weight is 351 g/mol. The number of nitrogens with zero attached hydrogens (tertiary/aromatic N) is 5. The van der Waals surface area contributed by atoms with Crippen molar-refractivity contribution in [1.29, 1.82) is 0 Å². The molecule has 0 N–H and O–H groups in total. The summed E-state index contributed by atoms with van der Waals surface area (Å²) in [5.41, 5.74) is 1.56. The fourth-order valence-electron chi connectivity index (χ4n) is 3.53. The second-order valence-electron chi connectivity index (χ2n) is 6.30. The second kappa shape index (κ2) is 6.67. The van der Waals surface area contributed by atoms with Crippen LogP contribution >= 0.6 is 0 Å². The van der Waals surface area contributed by atoms with E-state index in [1.807, 2.05) is 4.90 Å². The van der Waals surface area contributed by atoms with Gasteiger partial charge in [-0.2, -0.15) is 5.10 Å². The number of benzene rings is 1. The summed E-state index contributed by atoms with van der Waals surface area (Å²) in [4.78, 5) is 22.3. The van der Waals surface area contributed by atoms with Gasteiger partial charge in [0.1, 0.15) is 17.8 Å². The summed E-state index contributed by atoms with van der Waals surface area (Å²) in [6.45, 7) is 4.79. The molecule has 0 radical (unpaired) electrons. The molecule has 3 aromatic rings. The summed E-state index contributed by atoms with van der Waals surface area (Å²) in [6, 6.07) is 6.54. The molecule has 0 bridgehead atoms. The molecular formula is C19H18FN5O. The molecule has 0 aliphatic carbocycles. The quantitative estimate of drug-likeness (QED) is 0.678. The first-order valence-electron chi connectivity index (χ1n) is 8.53. The lowest BCUT2D eigenvalue weighted by Crippen LogP contribution is -2.37. The molecule has 4 rings (SSSR count). The van der Waals surface area contributed by atoms with Crippen LogP contribution in [0.3, 0.4) is 0 Å². The summed E-state index contributed by atoms with van der Waals surface area (Å²) in [5.74, 6) is -0.417. The van der Waals surface area contributed by atoms with Crippen molar-refractivity contribution in [2.24, 2.45) is 0 Å². The van der Waals surface area contributed by atoms with Crippen LogP contribution in [0, 0.1) is 5.82 Å². The van der Waals surface area contributed by atoms with Crippen LogP contribution in [0.5, 0.6) is 0 Å². The van der Waals surface area contributed by atoms with E-state index in [2.05, 4.69) is 21.6 Å². The van der Waals surface area contributed by atoms with Crippen molar-refractivity contribution < 1.29 is 9.18 Å². The molecule has 26 heavy (non-hydrogen) atoms. The zero-order valence-corrected chi connectivity index (χ0v) is 14.2. The normalized spacial score (nSPS) is 17.0. The molecule has 1 amide bonds. The fraction of sp³-hybridized carbons (Fsp3) is 0.263. The number of carbonyl (C=O) groups excluding carboxylic acids is 1. The average Bonchev–Trinajstić information content (AvgIpc) is 3.27. The van der Waals surface area contributed by atoms with E-state index in [0.717, 1.165) is 12.8 Å². The fourth-order valence-corrected chi connectivity index (χ4v) is 3.53. The van der Waals surface area contributed by atoms with Crippen LogP contribution in [-0.4, -0.2) is 43.1 Å². The van der Waals surface area contributed by atoms with E-state index in [0.29, 0.717) is 35.4 Å². The van der Waals surface area contributed by atoms with Gasteiger partial charge in [0.2, 0.25) is 5.91 Å². The lowest BCUT2D eigenvalue weighted by Gasteiger charge is -2.23. The number of aromatic nitrogens is 4. The van der Waals surface area contributed by atoms with Gasteiger partial charge in [0, 0.05) is 18.3 Å². The number of hydrogen-bond acceptors (Lipinski definition) is 4. The third-order valence-corrected chi connectivity index (χ3v) is 4.76. The first-order chi connectivity index (χ1) is 12.7. The zero-order chi connectivity index (χ0) is 18.1. The summed E-state index contributed by atoms with van der Waals surface area (Å²) in [6.07, 6.45) is 6.27. The standard InChI is InChI=1S/C19H18FN5O/c1-2-17(26)24-9-5-6-13(24)11-25-19-15(10-21-12-22-19)18(23-25)14-7-3-4-8-16(14)20/h2-4,7-8,10,12-13H,1,5-6,9,11H2. The summed E-state index contributed by atoms with van der Waals surface area (Å²) >= 11 is 0.